The van der Waals surface area contributed by atoms with E-state index in [9.17, 15) is 19.8 Å². The van der Waals surface area contributed by atoms with E-state index in [0.717, 1.165) is 38.5 Å². The number of hydrogen-bond donors (Lipinski definition) is 3. The zero-order chi connectivity index (χ0) is 60.6. The monoisotopic (exact) mass is 1190 g/mol. The predicted molar refractivity (Wildman–Crippen MR) is 371 cm³/mol. The number of nitrogens with one attached hydrogen (secondary N) is 1. The summed E-state index contributed by atoms with van der Waals surface area (Å²) in [5.74, 6) is 0.00197. The number of rotatable bonds is 75. The van der Waals surface area contributed by atoms with E-state index in [1.54, 1.807) is 0 Å². The van der Waals surface area contributed by atoms with Crippen LogP contribution in [0.4, 0.5) is 0 Å². The minimum absolute atomic E-state index is 0.0252. The van der Waals surface area contributed by atoms with Crippen LogP contribution in [0.2, 0.25) is 0 Å². The van der Waals surface area contributed by atoms with Crippen molar-refractivity contribution in [1.29, 1.82) is 0 Å². The summed E-state index contributed by atoms with van der Waals surface area (Å²) in [6.45, 7) is 5.02. The number of carbonyl (C=O) groups is 2. The number of esters is 1. The molecule has 84 heavy (non-hydrogen) atoms. The molecule has 2 unspecified atom stereocenters. The van der Waals surface area contributed by atoms with Crippen LogP contribution < -0.4 is 5.32 Å². The molecule has 0 aromatic carbocycles. The number of amides is 1. The number of hydrogen-bond acceptors (Lipinski definition) is 5. The molecule has 6 heteroatoms. The summed E-state index contributed by atoms with van der Waals surface area (Å²) in [5, 5.41) is 23.4. The molecule has 0 bridgehead atoms. The first-order chi connectivity index (χ1) is 41.5. The second kappa shape index (κ2) is 74.3. The summed E-state index contributed by atoms with van der Waals surface area (Å²) < 4.78 is 5.52. The molecule has 0 aliphatic rings. The molecule has 0 fully saturated rings. The third kappa shape index (κ3) is 70.0. The highest BCUT2D eigenvalue weighted by atomic mass is 16.5. The maximum atomic E-state index is 12.5. The highest BCUT2D eigenvalue weighted by Gasteiger charge is 2.20. The first-order valence-electron chi connectivity index (χ1n) is 39.3. The Morgan fingerprint density at radius 2 is 0.488 bits per heavy atom. The topological polar surface area (TPSA) is 95.9 Å². The van der Waals surface area contributed by atoms with Crippen molar-refractivity contribution in [3.63, 3.8) is 0 Å². The minimum atomic E-state index is -0.660. The predicted octanol–water partition coefficient (Wildman–Crippen LogP) is 25.7. The van der Waals surface area contributed by atoms with Crippen LogP contribution in [0.1, 0.15) is 463 Å². The Bertz CT molecular complexity index is 1230. The molecule has 0 spiro atoms. The fourth-order valence-electron chi connectivity index (χ4n) is 12.9. The van der Waals surface area contributed by atoms with Gasteiger partial charge in [0.25, 0.3) is 0 Å². The molecule has 6 nitrogen and oxygen atoms in total. The summed E-state index contributed by atoms with van der Waals surface area (Å²) in [7, 11) is 0. The Balaban J connectivity index is 3.29. The molecule has 3 N–H and O–H groups in total. The van der Waals surface area contributed by atoms with Crippen molar-refractivity contribution in [2.24, 2.45) is 0 Å². The molecule has 0 aliphatic heterocycles. The number of aliphatic hydroxyl groups is 2. The van der Waals surface area contributed by atoms with Gasteiger partial charge in [0.15, 0.2) is 0 Å². The Kier molecular flexibility index (Phi) is 73.3. The molecular weight excluding hydrogens is 1030 g/mol. The van der Waals surface area contributed by atoms with Gasteiger partial charge in [-0.15, -0.1) is 0 Å². The molecule has 0 saturated heterocycles. The molecule has 502 valence electrons. The molecule has 0 aromatic rings. The Morgan fingerprint density at radius 1 is 0.286 bits per heavy atom. The third-order valence-electron chi connectivity index (χ3n) is 18.9. The average Bonchev–Trinajstić information content (AvgIpc) is 3.51. The van der Waals surface area contributed by atoms with Gasteiger partial charge in [-0.25, -0.2) is 0 Å². The van der Waals surface area contributed by atoms with Crippen LogP contribution in [0.15, 0.2) is 0 Å². The third-order valence-corrected chi connectivity index (χ3v) is 18.9. The zero-order valence-corrected chi connectivity index (χ0v) is 57.7. The van der Waals surface area contributed by atoms with E-state index in [-0.39, 0.29) is 18.5 Å². The molecular formula is C78H155NO5. The van der Waals surface area contributed by atoms with Crippen molar-refractivity contribution >= 4 is 11.9 Å². The lowest BCUT2D eigenvalue weighted by Crippen LogP contribution is -2.45. The van der Waals surface area contributed by atoms with Crippen molar-refractivity contribution in [2.75, 3.05) is 13.2 Å². The SMILES string of the molecule is CCCCCCCCCCCCCCCCCCCC(=O)OCCCCCCCCCCCCCCCCCCCCCCCCCCCCCCCCCCCC(=O)NC(CO)C(O)CCCCCCCCCCCCCCCCCCC. The molecule has 1 amide bonds. The van der Waals surface area contributed by atoms with E-state index in [2.05, 4.69) is 19.2 Å². The lowest BCUT2D eigenvalue weighted by atomic mass is 10.0. The Labute approximate surface area is 527 Å². The van der Waals surface area contributed by atoms with E-state index in [1.807, 2.05) is 0 Å². The highest BCUT2D eigenvalue weighted by Crippen LogP contribution is 2.21. The second-order valence-corrected chi connectivity index (χ2v) is 27.4. The molecule has 0 aliphatic carbocycles. The fraction of sp³-hybridized carbons (Fsp3) is 0.974. The summed E-state index contributed by atoms with van der Waals surface area (Å²) in [5.41, 5.74) is 0. The largest absolute Gasteiger partial charge is 0.466 e. The highest BCUT2D eigenvalue weighted by molar-refractivity contribution is 5.76. The zero-order valence-electron chi connectivity index (χ0n) is 57.7. The standard InChI is InChI=1S/C78H155NO5/c1-3-5-7-9-11-13-15-17-19-38-42-46-50-54-58-62-66-70-76(81)75(74-80)79-77(82)71-67-63-59-55-51-47-43-40-36-34-32-30-28-26-24-22-21-23-25-27-29-31-33-35-37-41-45-49-53-57-61-65-69-73-84-78(83)72-68-64-60-56-52-48-44-39-20-18-16-14-12-10-8-6-4-2/h75-76,80-81H,3-74H2,1-2H3,(H,79,82). The van der Waals surface area contributed by atoms with E-state index >= 15 is 0 Å². The van der Waals surface area contributed by atoms with Crippen LogP contribution in [-0.4, -0.2) is 47.4 Å². The smallest absolute Gasteiger partial charge is 0.305 e. The fourth-order valence-corrected chi connectivity index (χ4v) is 12.9. The van der Waals surface area contributed by atoms with Gasteiger partial charge in [0.1, 0.15) is 0 Å². The first-order valence-corrected chi connectivity index (χ1v) is 39.3. The lowest BCUT2D eigenvalue weighted by Gasteiger charge is -2.22. The van der Waals surface area contributed by atoms with E-state index in [0.29, 0.717) is 25.9 Å². The summed E-state index contributed by atoms with van der Waals surface area (Å²) in [4.78, 5) is 24.7. The van der Waals surface area contributed by atoms with Gasteiger partial charge in [0.2, 0.25) is 5.91 Å². The van der Waals surface area contributed by atoms with Crippen LogP contribution in [0.5, 0.6) is 0 Å². The van der Waals surface area contributed by atoms with Crippen LogP contribution in [0.25, 0.3) is 0 Å². The molecule has 0 radical (unpaired) electrons. The van der Waals surface area contributed by atoms with Gasteiger partial charge in [-0.05, 0) is 25.7 Å². The Morgan fingerprint density at radius 3 is 0.726 bits per heavy atom. The molecule has 0 saturated carbocycles. The van der Waals surface area contributed by atoms with Gasteiger partial charge in [-0.1, -0.05) is 425 Å². The van der Waals surface area contributed by atoms with Crippen LogP contribution >= 0.6 is 0 Å². The van der Waals surface area contributed by atoms with Crippen molar-refractivity contribution < 1.29 is 24.5 Å². The molecule has 2 atom stereocenters. The summed E-state index contributed by atoms with van der Waals surface area (Å²) in [6.07, 6.45) is 92.0. The van der Waals surface area contributed by atoms with Gasteiger partial charge in [-0.2, -0.15) is 0 Å². The van der Waals surface area contributed by atoms with Gasteiger partial charge >= 0.3 is 5.97 Å². The second-order valence-electron chi connectivity index (χ2n) is 27.4. The molecule has 0 rings (SSSR count). The van der Waals surface area contributed by atoms with Crippen molar-refractivity contribution in [1.82, 2.24) is 5.32 Å². The number of ether oxygens (including phenoxy) is 1. The van der Waals surface area contributed by atoms with Crippen LogP contribution in [-0.2, 0) is 14.3 Å². The number of carbonyl (C=O) groups excluding carboxylic acids is 2. The average molecular weight is 1190 g/mol. The quantitative estimate of drug-likeness (QED) is 0.0417. The van der Waals surface area contributed by atoms with Gasteiger partial charge in [0.05, 0.1) is 25.4 Å². The van der Waals surface area contributed by atoms with Crippen molar-refractivity contribution in [3.8, 4) is 0 Å². The van der Waals surface area contributed by atoms with Gasteiger partial charge < -0.3 is 20.3 Å². The van der Waals surface area contributed by atoms with Crippen LogP contribution in [0, 0.1) is 0 Å². The normalized spacial score (nSPS) is 12.4. The number of unbranched alkanes of at least 4 members (excludes halogenated alkanes) is 64. The van der Waals surface area contributed by atoms with E-state index in [4.69, 9.17) is 4.74 Å². The van der Waals surface area contributed by atoms with Crippen molar-refractivity contribution in [2.45, 2.75) is 475 Å². The lowest BCUT2D eigenvalue weighted by molar-refractivity contribution is -0.143. The number of aliphatic hydroxyl groups excluding tert-OH is 2. The van der Waals surface area contributed by atoms with Crippen LogP contribution in [0.3, 0.4) is 0 Å². The molecule has 0 aromatic heterocycles. The van der Waals surface area contributed by atoms with E-state index in [1.165, 1.54) is 392 Å². The summed E-state index contributed by atoms with van der Waals surface area (Å²) >= 11 is 0. The summed E-state index contributed by atoms with van der Waals surface area (Å²) in [6, 6.07) is -0.537. The Hall–Kier alpha value is -1.14. The first kappa shape index (κ1) is 82.9. The minimum Gasteiger partial charge on any atom is -0.466 e. The van der Waals surface area contributed by atoms with Crippen molar-refractivity contribution in [3.05, 3.63) is 0 Å². The van der Waals surface area contributed by atoms with Gasteiger partial charge in [0, 0.05) is 12.8 Å². The maximum absolute atomic E-state index is 12.5. The van der Waals surface area contributed by atoms with Gasteiger partial charge in [-0.3, -0.25) is 9.59 Å². The van der Waals surface area contributed by atoms with E-state index < -0.39 is 12.1 Å². The maximum Gasteiger partial charge on any atom is 0.305 e. The molecule has 0 heterocycles.